The summed E-state index contributed by atoms with van der Waals surface area (Å²) in [6.07, 6.45) is 1.53. The van der Waals surface area contributed by atoms with Crippen molar-refractivity contribution in [3.8, 4) is 0 Å². The highest BCUT2D eigenvalue weighted by molar-refractivity contribution is 6.31. The predicted molar refractivity (Wildman–Crippen MR) is 95.1 cm³/mol. The molecule has 0 unspecified atom stereocenters. The van der Waals surface area contributed by atoms with Crippen molar-refractivity contribution in [2.75, 3.05) is 18.0 Å². The van der Waals surface area contributed by atoms with E-state index in [2.05, 4.69) is 5.32 Å². The van der Waals surface area contributed by atoms with Crippen molar-refractivity contribution in [3.63, 3.8) is 0 Å². The van der Waals surface area contributed by atoms with Crippen LogP contribution in [0.3, 0.4) is 0 Å². The molecule has 3 amide bonds. The molecule has 1 fully saturated rings. The molecule has 4 N–H and O–H groups in total. The van der Waals surface area contributed by atoms with Gasteiger partial charge >= 0.3 is 6.03 Å². The molecule has 130 valence electrons. The minimum absolute atomic E-state index is 0.0231. The van der Waals surface area contributed by atoms with Gasteiger partial charge in [0.05, 0.1) is 22.8 Å². The van der Waals surface area contributed by atoms with Crippen LogP contribution in [-0.2, 0) is 6.54 Å². The fourth-order valence-electron chi connectivity index (χ4n) is 2.75. The summed E-state index contributed by atoms with van der Waals surface area (Å²) in [5, 5.41) is 11.7. The van der Waals surface area contributed by atoms with Crippen LogP contribution in [0.4, 0.5) is 10.5 Å². The van der Waals surface area contributed by atoms with Gasteiger partial charge in [0.1, 0.15) is 5.49 Å². The summed E-state index contributed by atoms with van der Waals surface area (Å²) in [5.41, 5.74) is 6.68. The quantitative estimate of drug-likeness (QED) is 0.755. The number of urea groups is 1. The largest absolute Gasteiger partial charge is 0.365 e. The van der Waals surface area contributed by atoms with Gasteiger partial charge in [-0.05, 0) is 29.8 Å². The molecule has 1 aliphatic heterocycles. The SMILES string of the molecule is N=c1c(C(N)=O)cc(Cl)cn1Cc1cc(Cl)ccc1N1CCNC1=O. The number of carbonyl (C=O) groups is 2. The van der Waals surface area contributed by atoms with E-state index in [0.29, 0.717) is 23.8 Å². The Hall–Kier alpha value is -2.51. The lowest BCUT2D eigenvalue weighted by Gasteiger charge is -2.20. The molecule has 0 saturated carbocycles. The van der Waals surface area contributed by atoms with Crippen LogP contribution in [-0.4, -0.2) is 29.6 Å². The number of nitrogens with one attached hydrogen (secondary N) is 2. The van der Waals surface area contributed by atoms with Gasteiger partial charge in [-0.1, -0.05) is 23.2 Å². The smallest absolute Gasteiger partial charge is 0.322 e. The predicted octanol–water partition coefficient (Wildman–Crippen LogP) is 1.95. The molecule has 1 saturated heterocycles. The molecule has 0 spiro atoms. The summed E-state index contributed by atoms with van der Waals surface area (Å²) >= 11 is 12.1. The fourth-order valence-corrected chi connectivity index (χ4v) is 3.17. The second-order valence-electron chi connectivity index (χ2n) is 5.57. The Kier molecular flexibility index (Phi) is 4.69. The summed E-state index contributed by atoms with van der Waals surface area (Å²) in [6.45, 7) is 1.30. The molecular formula is C16H15Cl2N5O2. The molecular weight excluding hydrogens is 365 g/mol. The van der Waals surface area contributed by atoms with E-state index in [1.165, 1.54) is 16.8 Å². The van der Waals surface area contributed by atoms with Gasteiger partial charge in [0.2, 0.25) is 0 Å². The van der Waals surface area contributed by atoms with E-state index < -0.39 is 5.91 Å². The maximum atomic E-state index is 12.0. The first-order valence-corrected chi connectivity index (χ1v) is 8.20. The number of amides is 3. The number of pyridine rings is 1. The maximum Gasteiger partial charge on any atom is 0.322 e. The average molecular weight is 380 g/mol. The highest BCUT2D eigenvalue weighted by Gasteiger charge is 2.23. The van der Waals surface area contributed by atoms with Crippen molar-refractivity contribution < 1.29 is 9.59 Å². The van der Waals surface area contributed by atoms with Crippen LogP contribution in [0.25, 0.3) is 0 Å². The first-order valence-electron chi connectivity index (χ1n) is 7.45. The number of rotatable bonds is 4. The van der Waals surface area contributed by atoms with Crippen molar-refractivity contribution in [2.24, 2.45) is 5.73 Å². The number of anilines is 1. The average Bonchev–Trinajstić information content (AvgIpc) is 2.96. The topological polar surface area (TPSA) is 104 Å². The summed E-state index contributed by atoms with van der Waals surface area (Å²) in [7, 11) is 0. The van der Waals surface area contributed by atoms with E-state index in [0.717, 1.165) is 5.56 Å². The molecule has 3 rings (SSSR count). The van der Waals surface area contributed by atoms with Gasteiger partial charge in [-0.2, -0.15) is 0 Å². The minimum Gasteiger partial charge on any atom is -0.365 e. The first-order chi connectivity index (χ1) is 11.9. The summed E-state index contributed by atoms with van der Waals surface area (Å²) in [4.78, 5) is 25.1. The van der Waals surface area contributed by atoms with Gasteiger partial charge in [0.15, 0.2) is 0 Å². The van der Waals surface area contributed by atoms with Gasteiger partial charge in [-0.3, -0.25) is 15.1 Å². The van der Waals surface area contributed by atoms with E-state index in [1.807, 2.05) is 0 Å². The van der Waals surface area contributed by atoms with E-state index in [9.17, 15) is 9.59 Å². The number of carbonyl (C=O) groups excluding carboxylic acids is 2. The van der Waals surface area contributed by atoms with Crippen molar-refractivity contribution in [1.29, 1.82) is 5.41 Å². The van der Waals surface area contributed by atoms with Gasteiger partial charge in [0.25, 0.3) is 5.91 Å². The Bertz CT molecular complexity index is 925. The number of hydrogen-bond donors (Lipinski definition) is 3. The van der Waals surface area contributed by atoms with E-state index >= 15 is 0 Å². The highest BCUT2D eigenvalue weighted by Crippen LogP contribution is 2.26. The molecule has 2 heterocycles. The van der Waals surface area contributed by atoms with Gasteiger partial charge in [-0.15, -0.1) is 0 Å². The number of aromatic nitrogens is 1. The monoisotopic (exact) mass is 379 g/mol. The Labute approximate surface area is 153 Å². The standard InChI is InChI=1S/C16H15Cl2N5O2/c17-10-1-2-13(23-4-3-21-16(23)25)9(5-10)7-22-8-11(18)6-12(14(22)19)15(20)24/h1-2,5-6,8,19H,3-4,7H2,(H2,20,24)(H,21,25). The minimum atomic E-state index is -0.730. The zero-order valence-corrected chi connectivity index (χ0v) is 14.6. The van der Waals surface area contributed by atoms with Crippen LogP contribution >= 0.6 is 23.2 Å². The second kappa shape index (κ2) is 6.78. The third kappa shape index (κ3) is 3.47. The number of hydrogen-bond acceptors (Lipinski definition) is 3. The number of halogens is 2. The Morgan fingerprint density at radius 3 is 2.68 bits per heavy atom. The lowest BCUT2D eigenvalue weighted by atomic mass is 10.1. The zero-order chi connectivity index (χ0) is 18.1. The number of nitrogens with zero attached hydrogens (tertiary/aromatic N) is 2. The first kappa shape index (κ1) is 17.3. The van der Waals surface area contributed by atoms with Gasteiger partial charge in [-0.25, -0.2) is 4.79 Å². The van der Waals surface area contributed by atoms with Crippen LogP contribution in [0.5, 0.6) is 0 Å². The number of nitrogens with two attached hydrogens (primary N) is 1. The van der Waals surface area contributed by atoms with Crippen LogP contribution in [0, 0.1) is 5.41 Å². The van der Waals surface area contributed by atoms with E-state index in [1.54, 1.807) is 23.1 Å². The molecule has 0 aliphatic carbocycles. The van der Waals surface area contributed by atoms with E-state index in [4.69, 9.17) is 34.3 Å². The van der Waals surface area contributed by atoms with Crippen molar-refractivity contribution >= 4 is 40.8 Å². The summed E-state index contributed by atoms with van der Waals surface area (Å²) in [5.74, 6) is -0.730. The maximum absolute atomic E-state index is 12.0. The van der Waals surface area contributed by atoms with Crippen LogP contribution < -0.4 is 21.4 Å². The normalized spacial score (nSPS) is 13.8. The molecule has 1 aromatic heterocycles. The number of benzene rings is 1. The molecule has 0 radical (unpaired) electrons. The molecule has 1 aromatic carbocycles. The summed E-state index contributed by atoms with van der Waals surface area (Å²) in [6, 6.07) is 6.34. The van der Waals surface area contributed by atoms with Crippen LogP contribution in [0.1, 0.15) is 15.9 Å². The molecule has 25 heavy (non-hydrogen) atoms. The summed E-state index contributed by atoms with van der Waals surface area (Å²) < 4.78 is 1.49. The Morgan fingerprint density at radius 1 is 1.28 bits per heavy atom. The molecule has 0 bridgehead atoms. The highest BCUT2D eigenvalue weighted by atomic mass is 35.5. The van der Waals surface area contributed by atoms with Crippen molar-refractivity contribution in [2.45, 2.75) is 6.54 Å². The second-order valence-corrected chi connectivity index (χ2v) is 6.44. The number of primary amides is 1. The van der Waals surface area contributed by atoms with Gasteiger partial charge < -0.3 is 15.6 Å². The lowest BCUT2D eigenvalue weighted by molar-refractivity contribution is 0.0997. The lowest BCUT2D eigenvalue weighted by Crippen LogP contribution is -2.31. The molecule has 7 nitrogen and oxygen atoms in total. The van der Waals surface area contributed by atoms with Crippen LogP contribution in [0.15, 0.2) is 30.5 Å². The fraction of sp³-hybridized carbons (Fsp3) is 0.188. The third-order valence-corrected chi connectivity index (χ3v) is 4.34. The molecule has 0 atom stereocenters. The molecule has 2 aromatic rings. The van der Waals surface area contributed by atoms with Crippen LogP contribution in [0.2, 0.25) is 10.0 Å². The van der Waals surface area contributed by atoms with Crippen molar-refractivity contribution in [1.82, 2.24) is 9.88 Å². The third-order valence-electron chi connectivity index (χ3n) is 3.90. The van der Waals surface area contributed by atoms with Gasteiger partial charge in [0, 0.05) is 24.3 Å². The Morgan fingerprint density at radius 2 is 2.04 bits per heavy atom. The van der Waals surface area contributed by atoms with E-state index in [-0.39, 0.29) is 28.6 Å². The molecule has 9 heteroatoms. The Balaban J connectivity index is 2.07. The molecule has 1 aliphatic rings. The van der Waals surface area contributed by atoms with Crippen molar-refractivity contribution in [3.05, 3.63) is 57.1 Å². The zero-order valence-electron chi connectivity index (χ0n) is 13.1.